The van der Waals surface area contributed by atoms with E-state index < -0.39 is 42.1 Å². The van der Waals surface area contributed by atoms with Crippen molar-refractivity contribution in [3.8, 4) is 0 Å². The van der Waals surface area contributed by atoms with Crippen LogP contribution in [-0.4, -0.2) is 35.7 Å². The van der Waals surface area contributed by atoms with E-state index in [0.29, 0.717) is 13.1 Å². The molecule has 0 aliphatic heterocycles. The summed E-state index contributed by atoms with van der Waals surface area (Å²) in [5.74, 6) is 0. The minimum Gasteiger partial charge on any atom is -0.258 e. The van der Waals surface area contributed by atoms with E-state index in [2.05, 4.69) is 3.77 Å². The predicted octanol–water partition coefficient (Wildman–Crippen LogP) is 3.31. The molecule has 0 radical (unpaired) electrons. The van der Waals surface area contributed by atoms with Crippen LogP contribution in [0.5, 0.6) is 0 Å². The van der Waals surface area contributed by atoms with Crippen LogP contribution in [0, 0.1) is 20.2 Å². The van der Waals surface area contributed by atoms with Gasteiger partial charge >= 0.3 is 0 Å². The first-order valence-corrected chi connectivity index (χ1v) is 10.7. The van der Waals surface area contributed by atoms with Gasteiger partial charge in [0.15, 0.2) is 0 Å². The maximum absolute atomic E-state index is 12.7. The normalized spacial score (nSPS) is 12.8. The minimum atomic E-state index is -4.10. The number of rotatable bonds is 8. The number of benzene rings is 2. The quantitative estimate of drug-likeness (QED) is 0.466. The average Bonchev–Trinajstić information content (AvgIpc) is 2.68. The van der Waals surface area contributed by atoms with Crippen molar-refractivity contribution in [1.29, 1.82) is 0 Å². The summed E-state index contributed by atoms with van der Waals surface area (Å²) in [7, 11) is -5.65. The van der Waals surface area contributed by atoms with Gasteiger partial charge in [-0.05, 0) is 18.2 Å². The molecule has 0 heterocycles. The highest BCUT2D eigenvalue weighted by Gasteiger charge is 2.27. The molecule has 2 aromatic rings. The highest BCUT2D eigenvalue weighted by molar-refractivity contribution is 7.99. The van der Waals surface area contributed by atoms with E-state index in [1.807, 2.05) is 0 Å². The van der Waals surface area contributed by atoms with Crippen molar-refractivity contribution in [3.05, 3.63) is 68.8 Å². The third-order valence-corrected chi connectivity index (χ3v) is 7.67. The molecule has 10 nitrogen and oxygen atoms in total. The lowest BCUT2D eigenvalue weighted by Crippen LogP contribution is -2.26. The maximum Gasteiger partial charge on any atom is 0.292 e. The number of non-ortho nitro benzene ring substituents is 1. The van der Waals surface area contributed by atoms with Crippen LogP contribution in [0.2, 0.25) is 0 Å². The second kappa shape index (κ2) is 8.99. The lowest BCUT2D eigenvalue weighted by Gasteiger charge is -2.21. The zero-order valence-electron chi connectivity index (χ0n) is 15.1. The SMILES string of the molecule is CCN(CC)/S(=N\S(=O)(=O)c1ccccc1)c1ccc([N+](=O)[O-])cc1[N+](=O)[O-]. The number of hydrogen-bond donors (Lipinski definition) is 0. The number of hydrogen-bond acceptors (Lipinski definition) is 6. The molecule has 0 aliphatic rings. The molecular formula is C16H18N4O6S2. The molecule has 2 aromatic carbocycles. The third kappa shape index (κ3) is 4.77. The summed E-state index contributed by atoms with van der Waals surface area (Å²) in [6.45, 7) is 4.29. The molecule has 28 heavy (non-hydrogen) atoms. The van der Waals surface area contributed by atoms with Gasteiger partial charge in [-0.25, -0.2) is 4.31 Å². The molecule has 0 aromatic heterocycles. The number of sulfonamides is 1. The van der Waals surface area contributed by atoms with Crippen molar-refractivity contribution in [2.75, 3.05) is 13.1 Å². The Morgan fingerprint density at radius 2 is 1.61 bits per heavy atom. The first-order valence-electron chi connectivity index (χ1n) is 8.16. The molecule has 0 bridgehead atoms. The van der Waals surface area contributed by atoms with Gasteiger partial charge in [0.05, 0.1) is 20.8 Å². The molecule has 0 saturated heterocycles. The van der Waals surface area contributed by atoms with E-state index in [0.717, 1.165) is 12.1 Å². The van der Waals surface area contributed by atoms with Gasteiger partial charge in [0.25, 0.3) is 21.4 Å². The van der Waals surface area contributed by atoms with Crippen molar-refractivity contribution >= 4 is 32.3 Å². The molecule has 1 unspecified atom stereocenters. The zero-order valence-corrected chi connectivity index (χ0v) is 16.7. The second-order valence-corrected chi connectivity index (χ2v) is 8.91. The fraction of sp³-hybridized carbons (Fsp3) is 0.250. The Morgan fingerprint density at radius 3 is 2.11 bits per heavy atom. The molecule has 0 saturated carbocycles. The Hall–Kier alpha value is -2.70. The Bertz CT molecular complexity index is 1020. The predicted molar refractivity (Wildman–Crippen MR) is 104 cm³/mol. The summed E-state index contributed by atoms with van der Waals surface area (Å²) in [5.41, 5.74) is -0.999. The van der Waals surface area contributed by atoms with E-state index in [4.69, 9.17) is 0 Å². The van der Waals surface area contributed by atoms with E-state index >= 15 is 0 Å². The van der Waals surface area contributed by atoms with Crippen molar-refractivity contribution in [1.82, 2.24) is 4.31 Å². The van der Waals surface area contributed by atoms with Crippen LogP contribution in [0.3, 0.4) is 0 Å². The first-order chi connectivity index (χ1) is 13.2. The lowest BCUT2D eigenvalue weighted by molar-refractivity contribution is -0.396. The third-order valence-electron chi connectivity index (χ3n) is 3.71. The Morgan fingerprint density at radius 1 is 1.00 bits per heavy atom. The first kappa shape index (κ1) is 21.6. The van der Waals surface area contributed by atoms with E-state index in [1.165, 1.54) is 18.2 Å². The highest BCUT2D eigenvalue weighted by atomic mass is 32.3. The monoisotopic (exact) mass is 426 g/mol. The standard InChI is InChI=1S/C16H18N4O6S2/c1-3-18(4-2)27(17-28(25,26)14-8-6-5-7-9-14)16-11-10-13(19(21)22)12-15(16)20(23)24/h5-12H,3-4H2,1-2H3. The van der Waals surface area contributed by atoms with Gasteiger partial charge in [0, 0.05) is 30.0 Å². The van der Waals surface area contributed by atoms with Crippen LogP contribution in [-0.2, 0) is 20.9 Å². The van der Waals surface area contributed by atoms with E-state index in [1.54, 1.807) is 36.4 Å². The maximum atomic E-state index is 12.7. The Labute approximate surface area is 164 Å². The smallest absolute Gasteiger partial charge is 0.258 e. The highest BCUT2D eigenvalue weighted by Crippen LogP contribution is 2.30. The zero-order chi connectivity index (χ0) is 20.9. The molecule has 0 aliphatic carbocycles. The van der Waals surface area contributed by atoms with Crippen molar-refractivity contribution in [2.45, 2.75) is 23.6 Å². The van der Waals surface area contributed by atoms with Crippen molar-refractivity contribution in [3.63, 3.8) is 0 Å². The molecular weight excluding hydrogens is 408 g/mol. The molecule has 0 spiro atoms. The van der Waals surface area contributed by atoms with Gasteiger partial charge in [0.2, 0.25) is 0 Å². The van der Waals surface area contributed by atoms with Crippen LogP contribution in [0.25, 0.3) is 0 Å². The lowest BCUT2D eigenvalue weighted by atomic mass is 10.3. The van der Waals surface area contributed by atoms with Crippen molar-refractivity contribution < 1.29 is 18.3 Å². The second-order valence-electron chi connectivity index (χ2n) is 5.41. The molecule has 0 fully saturated rings. The van der Waals surface area contributed by atoms with Gasteiger partial charge in [-0.15, -0.1) is 3.77 Å². The Balaban J connectivity index is 2.75. The summed E-state index contributed by atoms with van der Waals surface area (Å²) >= 11 is 0. The van der Waals surface area contributed by atoms with Gasteiger partial charge in [-0.3, -0.25) is 20.2 Å². The number of nitrogens with zero attached hydrogens (tertiary/aromatic N) is 4. The molecule has 0 amide bonds. The van der Waals surface area contributed by atoms with Crippen LogP contribution in [0.15, 0.2) is 62.1 Å². The van der Waals surface area contributed by atoms with Gasteiger partial charge in [0.1, 0.15) is 4.90 Å². The summed E-state index contributed by atoms with van der Waals surface area (Å²) in [4.78, 5) is 20.9. The van der Waals surface area contributed by atoms with Crippen LogP contribution in [0.1, 0.15) is 13.8 Å². The van der Waals surface area contributed by atoms with Crippen LogP contribution < -0.4 is 0 Å². The molecule has 1 atom stereocenters. The van der Waals surface area contributed by atoms with Gasteiger partial charge < -0.3 is 0 Å². The van der Waals surface area contributed by atoms with Crippen LogP contribution >= 0.6 is 0 Å². The number of nitro groups is 2. The fourth-order valence-corrected chi connectivity index (χ4v) is 5.90. The van der Waals surface area contributed by atoms with Crippen molar-refractivity contribution in [2.24, 2.45) is 3.77 Å². The summed E-state index contributed by atoms with van der Waals surface area (Å²) in [6, 6.07) is 10.6. The summed E-state index contributed by atoms with van der Waals surface area (Å²) in [5, 5.41) is 22.5. The largest absolute Gasteiger partial charge is 0.292 e. The Kier molecular flexibility index (Phi) is 6.94. The number of nitro benzene ring substituents is 2. The average molecular weight is 426 g/mol. The molecule has 12 heteroatoms. The minimum absolute atomic E-state index is 0.00111. The fourth-order valence-electron chi connectivity index (χ4n) is 2.34. The van der Waals surface area contributed by atoms with Gasteiger partial charge in [-0.2, -0.15) is 8.42 Å². The molecule has 2 rings (SSSR count). The van der Waals surface area contributed by atoms with Crippen LogP contribution in [0.4, 0.5) is 11.4 Å². The summed E-state index contributed by atoms with van der Waals surface area (Å²) < 4.78 is 31.1. The van der Waals surface area contributed by atoms with E-state index in [-0.39, 0.29) is 9.79 Å². The summed E-state index contributed by atoms with van der Waals surface area (Å²) in [6.07, 6.45) is 0. The molecule has 150 valence electrons. The van der Waals surface area contributed by atoms with Gasteiger partial charge in [-0.1, -0.05) is 32.0 Å². The topological polar surface area (TPSA) is 136 Å². The van der Waals surface area contributed by atoms with E-state index in [9.17, 15) is 28.6 Å². The molecule has 0 N–H and O–H groups in total.